The predicted molar refractivity (Wildman–Crippen MR) is 128 cm³/mol. The van der Waals surface area contributed by atoms with Crippen molar-refractivity contribution in [2.24, 2.45) is 0 Å². The number of anilines is 1. The smallest absolute Gasteiger partial charge is 0.340 e. The summed E-state index contributed by atoms with van der Waals surface area (Å²) < 4.78 is 15.9. The van der Waals surface area contributed by atoms with Crippen LogP contribution in [0.15, 0.2) is 65.8 Å². The second kappa shape index (κ2) is 10.1. The fourth-order valence-corrected chi connectivity index (χ4v) is 4.50. The number of fused-ring (bicyclic) bond motifs is 2. The lowest BCUT2D eigenvalue weighted by atomic mass is 10.1. The van der Waals surface area contributed by atoms with Crippen LogP contribution in [0.2, 0.25) is 0 Å². The monoisotopic (exact) mass is 505 g/mol. The first-order valence-electron chi connectivity index (χ1n) is 10.9. The van der Waals surface area contributed by atoms with Crippen LogP contribution in [0.1, 0.15) is 31.1 Å². The molecule has 2 aliphatic heterocycles. The number of pyridine rings is 1. The summed E-state index contributed by atoms with van der Waals surface area (Å²) in [5.41, 5.74) is 1.40. The van der Waals surface area contributed by atoms with Crippen molar-refractivity contribution in [3.63, 3.8) is 0 Å². The summed E-state index contributed by atoms with van der Waals surface area (Å²) in [5, 5.41) is 3.09. The SMILES string of the molecule is O=C(CSc1ncccc1C(=O)OCCN1C(=O)c2ccccc2C1=O)Nc1ccc2c(c1)OCO2. The van der Waals surface area contributed by atoms with E-state index in [2.05, 4.69) is 10.3 Å². The summed E-state index contributed by atoms with van der Waals surface area (Å²) in [5.74, 6) is -0.636. The molecule has 3 amide bonds. The highest BCUT2D eigenvalue weighted by atomic mass is 32.2. The van der Waals surface area contributed by atoms with Gasteiger partial charge in [-0.2, -0.15) is 0 Å². The highest BCUT2D eigenvalue weighted by molar-refractivity contribution is 8.00. The Morgan fingerprint density at radius 2 is 1.75 bits per heavy atom. The van der Waals surface area contributed by atoms with Gasteiger partial charge in [-0.15, -0.1) is 0 Å². The fraction of sp³-hybridized carbons (Fsp3) is 0.160. The standard InChI is InChI=1S/C25H19N3O7S/c29-21(27-15-7-8-19-20(12-15)35-14-34-19)13-36-22-18(6-3-9-26-22)25(32)33-11-10-28-23(30)16-4-1-2-5-17(16)24(28)31/h1-9,12H,10-11,13-14H2,(H,27,29). The molecular formula is C25H19N3O7S. The molecule has 0 fully saturated rings. The first-order valence-corrected chi connectivity index (χ1v) is 11.9. The molecule has 0 radical (unpaired) electrons. The van der Waals surface area contributed by atoms with E-state index >= 15 is 0 Å². The van der Waals surface area contributed by atoms with E-state index in [0.717, 1.165) is 16.7 Å². The topological polar surface area (TPSA) is 124 Å². The number of rotatable bonds is 8. The summed E-state index contributed by atoms with van der Waals surface area (Å²) in [6.45, 7) is -0.105. The van der Waals surface area contributed by atoms with Gasteiger partial charge in [0.15, 0.2) is 11.5 Å². The zero-order valence-electron chi connectivity index (χ0n) is 18.8. The average molecular weight is 506 g/mol. The lowest BCUT2D eigenvalue weighted by molar-refractivity contribution is -0.113. The number of hydrogen-bond acceptors (Lipinski definition) is 9. The maximum atomic E-state index is 12.7. The number of hydrogen-bond donors (Lipinski definition) is 1. The number of nitrogens with one attached hydrogen (secondary N) is 1. The second-order valence-electron chi connectivity index (χ2n) is 7.70. The summed E-state index contributed by atoms with van der Waals surface area (Å²) >= 11 is 1.08. The molecule has 0 atom stereocenters. The van der Waals surface area contributed by atoms with Crippen molar-refractivity contribution in [3.05, 3.63) is 77.5 Å². The van der Waals surface area contributed by atoms with Crippen molar-refractivity contribution in [1.82, 2.24) is 9.88 Å². The van der Waals surface area contributed by atoms with E-state index in [1.807, 2.05) is 0 Å². The lowest BCUT2D eigenvalue weighted by Gasteiger charge is -2.14. The van der Waals surface area contributed by atoms with Crippen LogP contribution in [0.3, 0.4) is 0 Å². The highest BCUT2D eigenvalue weighted by Crippen LogP contribution is 2.34. The minimum absolute atomic E-state index is 0.000769. The van der Waals surface area contributed by atoms with Crippen LogP contribution in [-0.2, 0) is 9.53 Å². The van der Waals surface area contributed by atoms with Crippen LogP contribution < -0.4 is 14.8 Å². The van der Waals surface area contributed by atoms with Gasteiger partial charge >= 0.3 is 5.97 Å². The molecule has 0 saturated carbocycles. The summed E-state index contributed by atoms with van der Waals surface area (Å²) in [6.07, 6.45) is 1.51. The van der Waals surface area contributed by atoms with Crippen molar-refractivity contribution in [3.8, 4) is 11.5 Å². The largest absolute Gasteiger partial charge is 0.460 e. The first kappa shape index (κ1) is 23.4. The molecule has 11 heteroatoms. The normalized spacial score (nSPS) is 13.5. The number of imide groups is 1. The number of nitrogens with zero attached hydrogens (tertiary/aromatic N) is 2. The Hall–Kier alpha value is -4.38. The third kappa shape index (κ3) is 4.73. The van der Waals surface area contributed by atoms with Crippen molar-refractivity contribution in [2.45, 2.75) is 5.03 Å². The van der Waals surface area contributed by atoms with Gasteiger partial charge in [-0.25, -0.2) is 9.78 Å². The molecule has 1 N–H and O–H groups in total. The Bertz CT molecular complexity index is 1340. The molecule has 0 aliphatic carbocycles. The van der Waals surface area contributed by atoms with E-state index in [1.165, 1.54) is 12.3 Å². The maximum absolute atomic E-state index is 12.7. The van der Waals surface area contributed by atoms with Gasteiger partial charge in [-0.3, -0.25) is 19.3 Å². The number of carbonyl (C=O) groups excluding carboxylic acids is 4. The third-order valence-corrected chi connectivity index (χ3v) is 6.42. The molecule has 10 nitrogen and oxygen atoms in total. The van der Waals surface area contributed by atoms with Crippen LogP contribution in [0.25, 0.3) is 0 Å². The first-order chi connectivity index (χ1) is 17.5. The van der Waals surface area contributed by atoms with Gasteiger partial charge in [-0.05, 0) is 36.4 Å². The van der Waals surface area contributed by atoms with Crippen molar-refractivity contribution < 1.29 is 33.4 Å². The van der Waals surface area contributed by atoms with E-state index in [-0.39, 0.29) is 37.2 Å². The predicted octanol–water partition coefficient (Wildman–Crippen LogP) is 2.99. The van der Waals surface area contributed by atoms with E-state index in [0.29, 0.717) is 33.3 Å². The Morgan fingerprint density at radius 3 is 2.53 bits per heavy atom. The fourth-order valence-electron chi connectivity index (χ4n) is 3.72. The number of thioether (sulfide) groups is 1. The molecule has 1 aromatic heterocycles. The van der Waals surface area contributed by atoms with Gasteiger partial charge in [0.05, 0.1) is 29.0 Å². The van der Waals surface area contributed by atoms with Gasteiger partial charge in [0.2, 0.25) is 12.7 Å². The minimum atomic E-state index is -0.668. The van der Waals surface area contributed by atoms with Crippen LogP contribution in [-0.4, -0.2) is 59.3 Å². The molecule has 2 aromatic carbocycles. The van der Waals surface area contributed by atoms with Gasteiger partial charge < -0.3 is 19.5 Å². The van der Waals surface area contributed by atoms with Gasteiger partial charge in [0.25, 0.3) is 11.8 Å². The van der Waals surface area contributed by atoms with Crippen molar-refractivity contribution >= 4 is 41.1 Å². The Balaban J connectivity index is 1.14. The van der Waals surface area contributed by atoms with Crippen LogP contribution in [0.5, 0.6) is 11.5 Å². The second-order valence-corrected chi connectivity index (χ2v) is 8.67. The van der Waals surface area contributed by atoms with Crippen LogP contribution in [0, 0.1) is 0 Å². The van der Waals surface area contributed by atoms with E-state index in [9.17, 15) is 19.2 Å². The Kier molecular flexibility index (Phi) is 6.54. The number of aromatic nitrogens is 1. The molecule has 0 unspecified atom stereocenters. The van der Waals surface area contributed by atoms with Gasteiger partial charge in [-0.1, -0.05) is 23.9 Å². The summed E-state index contributed by atoms with van der Waals surface area (Å²) in [6, 6.07) is 14.7. The van der Waals surface area contributed by atoms with Gasteiger partial charge in [0.1, 0.15) is 11.6 Å². The van der Waals surface area contributed by atoms with E-state index in [1.54, 1.807) is 48.5 Å². The summed E-state index contributed by atoms with van der Waals surface area (Å²) in [4.78, 5) is 55.2. The zero-order chi connectivity index (χ0) is 25.1. The van der Waals surface area contributed by atoms with Crippen LogP contribution >= 0.6 is 11.8 Å². The molecule has 36 heavy (non-hydrogen) atoms. The highest BCUT2D eigenvalue weighted by Gasteiger charge is 2.35. The maximum Gasteiger partial charge on any atom is 0.340 e. The van der Waals surface area contributed by atoms with E-state index < -0.39 is 17.8 Å². The molecule has 3 heterocycles. The Labute approximate surface area is 209 Å². The molecular weight excluding hydrogens is 486 g/mol. The van der Waals surface area contributed by atoms with Gasteiger partial charge in [0, 0.05) is 18.0 Å². The molecule has 5 rings (SSSR count). The molecule has 0 saturated heterocycles. The number of carbonyl (C=O) groups is 4. The quantitative estimate of drug-likeness (QED) is 0.279. The van der Waals surface area contributed by atoms with Crippen molar-refractivity contribution in [1.29, 1.82) is 0 Å². The zero-order valence-corrected chi connectivity index (χ0v) is 19.6. The Morgan fingerprint density at radius 1 is 1.00 bits per heavy atom. The molecule has 182 valence electrons. The molecule has 0 spiro atoms. The molecule has 0 bridgehead atoms. The average Bonchev–Trinajstić information content (AvgIpc) is 3.46. The summed E-state index contributed by atoms with van der Waals surface area (Å²) in [7, 11) is 0. The molecule has 2 aliphatic rings. The third-order valence-electron chi connectivity index (χ3n) is 5.41. The molecule has 3 aromatic rings. The number of esters is 1. The lowest BCUT2D eigenvalue weighted by Crippen LogP contribution is -2.33. The minimum Gasteiger partial charge on any atom is -0.460 e. The van der Waals surface area contributed by atoms with Crippen LogP contribution in [0.4, 0.5) is 5.69 Å². The van der Waals surface area contributed by atoms with E-state index in [4.69, 9.17) is 14.2 Å². The van der Waals surface area contributed by atoms with Crippen molar-refractivity contribution in [2.75, 3.05) is 31.0 Å². The number of ether oxygens (including phenoxy) is 3. The number of amides is 3. The number of benzene rings is 2.